The molecule has 3 rings (SSSR count). The molecule has 1 saturated heterocycles. The molecule has 2 fully saturated rings. The fourth-order valence-electron chi connectivity index (χ4n) is 2.71. The Morgan fingerprint density at radius 2 is 2.20 bits per heavy atom. The van der Waals surface area contributed by atoms with E-state index in [1.165, 1.54) is 12.8 Å². The molecule has 1 N–H and O–H groups in total. The zero-order chi connectivity index (χ0) is 13.9. The van der Waals surface area contributed by atoms with Crippen molar-refractivity contribution >= 4 is 5.91 Å². The van der Waals surface area contributed by atoms with Crippen LogP contribution in [0.3, 0.4) is 0 Å². The van der Waals surface area contributed by atoms with Crippen molar-refractivity contribution in [2.75, 3.05) is 13.2 Å². The summed E-state index contributed by atoms with van der Waals surface area (Å²) in [6.07, 6.45) is 3.38. The first-order valence-electron chi connectivity index (χ1n) is 7.53. The molecule has 4 heteroatoms. The topological polar surface area (TPSA) is 41.6 Å². The van der Waals surface area contributed by atoms with Gasteiger partial charge >= 0.3 is 0 Å². The van der Waals surface area contributed by atoms with Crippen molar-refractivity contribution in [3.63, 3.8) is 0 Å². The number of nitrogens with zero attached hydrogens (tertiary/aromatic N) is 1. The molecule has 0 aromatic heterocycles. The number of carbonyl (C=O) groups is 1. The minimum absolute atomic E-state index is 0.0394. The van der Waals surface area contributed by atoms with Gasteiger partial charge in [-0.25, -0.2) is 0 Å². The van der Waals surface area contributed by atoms with Gasteiger partial charge < -0.3 is 15.0 Å². The molecular weight excluding hydrogens is 252 g/mol. The molecular formula is C16H22N2O2. The molecule has 4 nitrogen and oxygen atoms in total. The van der Waals surface area contributed by atoms with Crippen LogP contribution in [0.2, 0.25) is 0 Å². The standard InChI is InChI=1S/C16H22N2O2/c1-2-20-14-5-3-4-12(10-14)11-18-9-8-15(16(18)19)17-13-6-7-13/h3-5,10,13,15,17H,2,6-9,11H2,1H3. The Labute approximate surface area is 120 Å². The minimum atomic E-state index is 0.0394. The van der Waals surface area contributed by atoms with E-state index in [1.54, 1.807) is 0 Å². The second kappa shape index (κ2) is 5.83. The highest BCUT2D eigenvalue weighted by atomic mass is 16.5. The molecule has 1 atom stereocenters. The largest absolute Gasteiger partial charge is 0.494 e. The van der Waals surface area contributed by atoms with Crippen molar-refractivity contribution in [3.05, 3.63) is 29.8 Å². The van der Waals surface area contributed by atoms with Gasteiger partial charge in [0.25, 0.3) is 0 Å². The number of hydrogen-bond donors (Lipinski definition) is 1. The minimum Gasteiger partial charge on any atom is -0.494 e. The summed E-state index contributed by atoms with van der Waals surface area (Å²) in [5, 5.41) is 3.43. The molecule has 108 valence electrons. The van der Waals surface area contributed by atoms with Crippen molar-refractivity contribution in [1.82, 2.24) is 10.2 Å². The third kappa shape index (κ3) is 3.12. The third-order valence-electron chi connectivity index (χ3n) is 3.89. The van der Waals surface area contributed by atoms with Crippen LogP contribution in [0, 0.1) is 0 Å². The van der Waals surface area contributed by atoms with E-state index in [2.05, 4.69) is 11.4 Å². The second-order valence-corrected chi connectivity index (χ2v) is 5.62. The highest BCUT2D eigenvalue weighted by molar-refractivity contribution is 5.84. The average Bonchev–Trinajstić information content (AvgIpc) is 3.20. The van der Waals surface area contributed by atoms with E-state index in [9.17, 15) is 4.79 Å². The molecule has 0 bridgehead atoms. The van der Waals surface area contributed by atoms with Crippen molar-refractivity contribution < 1.29 is 9.53 Å². The van der Waals surface area contributed by atoms with Gasteiger partial charge in [-0.3, -0.25) is 4.79 Å². The number of amides is 1. The molecule has 1 aliphatic carbocycles. The van der Waals surface area contributed by atoms with Gasteiger partial charge in [0.1, 0.15) is 5.75 Å². The van der Waals surface area contributed by atoms with Crippen LogP contribution in [0.4, 0.5) is 0 Å². The Balaban J connectivity index is 1.59. The Kier molecular flexibility index (Phi) is 3.92. The quantitative estimate of drug-likeness (QED) is 0.862. The fraction of sp³-hybridized carbons (Fsp3) is 0.562. The lowest BCUT2D eigenvalue weighted by Gasteiger charge is -2.17. The molecule has 1 saturated carbocycles. The first-order chi connectivity index (χ1) is 9.76. The summed E-state index contributed by atoms with van der Waals surface area (Å²) in [7, 11) is 0. The molecule has 0 radical (unpaired) electrons. The van der Waals surface area contributed by atoms with E-state index in [1.807, 2.05) is 30.0 Å². The van der Waals surface area contributed by atoms with E-state index in [4.69, 9.17) is 4.74 Å². The second-order valence-electron chi connectivity index (χ2n) is 5.62. The molecule has 0 spiro atoms. The Morgan fingerprint density at radius 3 is 2.95 bits per heavy atom. The Hall–Kier alpha value is -1.55. The van der Waals surface area contributed by atoms with Gasteiger partial charge in [0, 0.05) is 19.1 Å². The summed E-state index contributed by atoms with van der Waals surface area (Å²) in [6.45, 7) is 4.18. The Bertz CT molecular complexity index is 485. The number of likely N-dealkylation sites (tertiary alicyclic amines) is 1. The van der Waals surface area contributed by atoms with Gasteiger partial charge in [-0.15, -0.1) is 0 Å². The molecule has 1 aliphatic heterocycles. The number of carbonyl (C=O) groups excluding carboxylic acids is 1. The summed E-state index contributed by atoms with van der Waals surface area (Å²) >= 11 is 0. The van der Waals surface area contributed by atoms with E-state index < -0.39 is 0 Å². The SMILES string of the molecule is CCOc1cccc(CN2CCC(NC3CC3)C2=O)c1. The normalized spacial score (nSPS) is 22.4. The summed E-state index contributed by atoms with van der Waals surface area (Å²) in [5.74, 6) is 1.13. The number of rotatable bonds is 6. The molecule has 2 aliphatic rings. The average molecular weight is 274 g/mol. The first-order valence-corrected chi connectivity index (χ1v) is 7.53. The maximum atomic E-state index is 12.3. The maximum Gasteiger partial charge on any atom is 0.240 e. The Morgan fingerprint density at radius 1 is 1.35 bits per heavy atom. The maximum absolute atomic E-state index is 12.3. The third-order valence-corrected chi connectivity index (χ3v) is 3.89. The van der Waals surface area contributed by atoms with Crippen LogP contribution in [0.25, 0.3) is 0 Å². The predicted molar refractivity (Wildman–Crippen MR) is 77.6 cm³/mol. The van der Waals surface area contributed by atoms with Crippen LogP contribution in [-0.2, 0) is 11.3 Å². The summed E-state index contributed by atoms with van der Waals surface area (Å²) in [6, 6.07) is 8.65. The predicted octanol–water partition coefficient (Wildman–Crippen LogP) is 1.94. The van der Waals surface area contributed by atoms with Crippen molar-refractivity contribution in [2.45, 2.75) is 44.8 Å². The van der Waals surface area contributed by atoms with Crippen LogP contribution in [0.5, 0.6) is 5.75 Å². The lowest BCUT2D eigenvalue weighted by Crippen LogP contribution is -2.39. The summed E-state index contributed by atoms with van der Waals surface area (Å²) in [4.78, 5) is 14.3. The van der Waals surface area contributed by atoms with E-state index >= 15 is 0 Å². The first kappa shape index (κ1) is 13.4. The van der Waals surface area contributed by atoms with E-state index in [0.29, 0.717) is 19.2 Å². The molecule has 1 aromatic carbocycles. The van der Waals surface area contributed by atoms with Gasteiger partial charge in [-0.1, -0.05) is 12.1 Å². The van der Waals surface area contributed by atoms with Crippen LogP contribution in [0.1, 0.15) is 31.7 Å². The van der Waals surface area contributed by atoms with Crippen LogP contribution >= 0.6 is 0 Å². The van der Waals surface area contributed by atoms with Gasteiger partial charge in [-0.2, -0.15) is 0 Å². The fourth-order valence-corrected chi connectivity index (χ4v) is 2.71. The van der Waals surface area contributed by atoms with Gasteiger partial charge in [-0.05, 0) is 43.9 Å². The van der Waals surface area contributed by atoms with Crippen LogP contribution in [0.15, 0.2) is 24.3 Å². The molecule has 1 aromatic rings. The van der Waals surface area contributed by atoms with E-state index in [-0.39, 0.29) is 11.9 Å². The van der Waals surface area contributed by atoms with Crippen molar-refractivity contribution in [3.8, 4) is 5.75 Å². The van der Waals surface area contributed by atoms with E-state index in [0.717, 1.165) is 24.3 Å². The number of nitrogens with one attached hydrogen (secondary N) is 1. The zero-order valence-electron chi connectivity index (χ0n) is 12.0. The highest BCUT2D eigenvalue weighted by Gasteiger charge is 2.35. The van der Waals surface area contributed by atoms with Crippen LogP contribution in [-0.4, -0.2) is 36.0 Å². The smallest absolute Gasteiger partial charge is 0.240 e. The highest BCUT2D eigenvalue weighted by Crippen LogP contribution is 2.24. The number of hydrogen-bond acceptors (Lipinski definition) is 3. The molecule has 20 heavy (non-hydrogen) atoms. The van der Waals surface area contributed by atoms with Crippen molar-refractivity contribution in [2.24, 2.45) is 0 Å². The lowest BCUT2D eigenvalue weighted by molar-refractivity contribution is -0.130. The molecule has 1 amide bonds. The lowest BCUT2D eigenvalue weighted by atomic mass is 10.2. The van der Waals surface area contributed by atoms with Crippen molar-refractivity contribution in [1.29, 1.82) is 0 Å². The number of benzene rings is 1. The number of ether oxygens (including phenoxy) is 1. The van der Waals surface area contributed by atoms with Crippen LogP contribution < -0.4 is 10.1 Å². The summed E-state index contributed by atoms with van der Waals surface area (Å²) < 4.78 is 5.50. The molecule has 1 unspecified atom stereocenters. The van der Waals surface area contributed by atoms with Gasteiger partial charge in [0.2, 0.25) is 5.91 Å². The monoisotopic (exact) mass is 274 g/mol. The zero-order valence-corrected chi connectivity index (χ0v) is 12.0. The molecule has 1 heterocycles. The van der Waals surface area contributed by atoms with Gasteiger partial charge in [0.05, 0.1) is 12.6 Å². The van der Waals surface area contributed by atoms with Gasteiger partial charge in [0.15, 0.2) is 0 Å². The summed E-state index contributed by atoms with van der Waals surface area (Å²) in [5.41, 5.74) is 1.14.